The molecule has 0 bridgehead atoms. The minimum atomic E-state index is -0.591. The van der Waals surface area contributed by atoms with Crippen LogP contribution in [0.1, 0.15) is 6.92 Å². The second kappa shape index (κ2) is 5.26. The zero-order valence-corrected chi connectivity index (χ0v) is 10.1. The molecule has 18 heavy (non-hydrogen) atoms. The van der Waals surface area contributed by atoms with Crippen molar-refractivity contribution in [1.29, 1.82) is 0 Å². The molecular weight excluding hydrogens is 236 g/mol. The number of nitrogens with one attached hydrogen (secondary N) is 3. The summed E-state index contributed by atoms with van der Waals surface area (Å²) >= 11 is 0. The second-order valence-electron chi connectivity index (χ2n) is 3.43. The van der Waals surface area contributed by atoms with Crippen LogP contribution in [0.25, 0.3) is 10.9 Å². The number of benzene rings is 1. The van der Waals surface area contributed by atoms with Crippen LogP contribution in [0.2, 0.25) is 0 Å². The average Bonchev–Trinajstić information content (AvgIpc) is 2.80. The summed E-state index contributed by atoms with van der Waals surface area (Å²) in [5.41, 5.74) is 5.78. The van der Waals surface area contributed by atoms with Gasteiger partial charge < -0.3 is 9.47 Å². The van der Waals surface area contributed by atoms with Crippen molar-refractivity contribution >= 4 is 22.8 Å². The topological polar surface area (TPSA) is 88.3 Å². The third kappa shape index (κ3) is 2.29. The molecule has 3 N–H and O–H groups in total. The van der Waals surface area contributed by atoms with E-state index in [0.717, 1.165) is 10.9 Å². The maximum atomic E-state index is 11.0. The van der Waals surface area contributed by atoms with Crippen LogP contribution in [0.3, 0.4) is 0 Å². The summed E-state index contributed by atoms with van der Waals surface area (Å²) in [6.45, 7) is 2.48. The van der Waals surface area contributed by atoms with Crippen molar-refractivity contribution < 1.29 is 14.3 Å². The van der Waals surface area contributed by atoms with Gasteiger partial charge in [-0.05, 0) is 19.1 Å². The molecule has 0 aliphatic carbocycles. The van der Waals surface area contributed by atoms with E-state index >= 15 is 0 Å². The van der Waals surface area contributed by atoms with Crippen LogP contribution in [-0.2, 0) is 4.74 Å². The highest BCUT2D eigenvalue weighted by molar-refractivity contribution is 5.93. The molecule has 2 aromatic rings. The van der Waals surface area contributed by atoms with E-state index in [9.17, 15) is 4.79 Å². The Balaban J connectivity index is 2.25. The molecule has 96 valence electrons. The minimum absolute atomic E-state index is 0.497. The standard InChI is InChI=1S/C11H14N4O3/c1-3-18-8-6-4-5-7-9(8)12-13-10(7)14-15-11(16)17-2/h4-6H,3H2,1-2H3,(H,15,16)(H2,12,13,14). The summed E-state index contributed by atoms with van der Waals surface area (Å²) in [6.07, 6.45) is -0.591. The van der Waals surface area contributed by atoms with Crippen molar-refractivity contribution in [2.45, 2.75) is 6.92 Å². The molecule has 0 aliphatic rings. The van der Waals surface area contributed by atoms with Gasteiger partial charge in [-0.1, -0.05) is 6.07 Å². The predicted molar refractivity (Wildman–Crippen MR) is 66.4 cm³/mol. The number of anilines is 1. The molecule has 0 atom stereocenters. The van der Waals surface area contributed by atoms with Crippen molar-refractivity contribution in [3.05, 3.63) is 18.2 Å². The van der Waals surface area contributed by atoms with Crippen LogP contribution >= 0.6 is 0 Å². The van der Waals surface area contributed by atoms with E-state index in [1.807, 2.05) is 25.1 Å². The minimum Gasteiger partial charge on any atom is -0.492 e. The molecular formula is C11H14N4O3. The first-order valence-corrected chi connectivity index (χ1v) is 5.46. The lowest BCUT2D eigenvalue weighted by Gasteiger charge is -2.05. The maximum absolute atomic E-state index is 11.0. The van der Waals surface area contributed by atoms with Gasteiger partial charge in [0.15, 0.2) is 5.82 Å². The number of aromatic nitrogens is 2. The fourth-order valence-electron chi connectivity index (χ4n) is 1.55. The van der Waals surface area contributed by atoms with E-state index < -0.39 is 6.09 Å². The van der Waals surface area contributed by atoms with E-state index in [4.69, 9.17) is 4.74 Å². The molecule has 1 amide bonds. The van der Waals surface area contributed by atoms with Crippen LogP contribution in [0.15, 0.2) is 18.2 Å². The SMILES string of the molecule is CCOc1cccc2c(NNC(=O)OC)n[nH]c12. The van der Waals surface area contributed by atoms with Gasteiger partial charge in [0.25, 0.3) is 0 Å². The molecule has 1 aromatic heterocycles. The number of rotatable bonds is 4. The smallest absolute Gasteiger partial charge is 0.425 e. The molecule has 7 heteroatoms. The molecule has 2 rings (SSSR count). The Hall–Kier alpha value is -2.44. The summed E-state index contributed by atoms with van der Waals surface area (Å²) in [7, 11) is 1.28. The number of methoxy groups -OCH3 is 1. The molecule has 1 heterocycles. The van der Waals surface area contributed by atoms with Gasteiger partial charge in [0.05, 0.1) is 13.7 Å². The summed E-state index contributed by atoms with van der Waals surface area (Å²) in [6, 6.07) is 5.57. The monoisotopic (exact) mass is 250 g/mol. The highest BCUT2D eigenvalue weighted by atomic mass is 16.5. The highest BCUT2D eigenvalue weighted by Gasteiger charge is 2.10. The van der Waals surface area contributed by atoms with Gasteiger partial charge in [-0.3, -0.25) is 10.5 Å². The third-order valence-corrected chi connectivity index (χ3v) is 2.33. The lowest BCUT2D eigenvalue weighted by molar-refractivity contribution is 0.173. The first-order chi connectivity index (χ1) is 8.76. The molecule has 1 aromatic carbocycles. The number of carbonyl (C=O) groups is 1. The molecule has 0 spiro atoms. The molecule has 0 unspecified atom stereocenters. The van der Waals surface area contributed by atoms with Crippen LogP contribution < -0.4 is 15.6 Å². The van der Waals surface area contributed by atoms with Crippen molar-refractivity contribution in [2.24, 2.45) is 0 Å². The Labute approximate surface area is 103 Å². The Morgan fingerprint density at radius 1 is 1.50 bits per heavy atom. The third-order valence-electron chi connectivity index (χ3n) is 2.33. The van der Waals surface area contributed by atoms with E-state index in [1.54, 1.807) is 0 Å². The van der Waals surface area contributed by atoms with Crippen LogP contribution in [0, 0.1) is 0 Å². The predicted octanol–water partition coefficient (Wildman–Crippen LogP) is 1.64. The molecule has 0 fully saturated rings. The molecule has 0 saturated carbocycles. The van der Waals surface area contributed by atoms with Gasteiger partial charge in [0.1, 0.15) is 11.3 Å². The van der Waals surface area contributed by atoms with E-state index in [2.05, 4.69) is 25.8 Å². The zero-order chi connectivity index (χ0) is 13.0. The van der Waals surface area contributed by atoms with Crippen LogP contribution in [0.4, 0.5) is 10.6 Å². The van der Waals surface area contributed by atoms with Gasteiger partial charge in [-0.2, -0.15) is 5.10 Å². The van der Waals surface area contributed by atoms with E-state index in [0.29, 0.717) is 18.2 Å². The molecule has 0 saturated heterocycles. The number of aromatic amines is 1. The number of para-hydroxylation sites is 1. The molecule has 7 nitrogen and oxygen atoms in total. The Morgan fingerprint density at radius 2 is 2.33 bits per heavy atom. The van der Waals surface area contributed by atoms with Gasteiger partial charge in [-0.15, -0.1) is 0 Å². The Morgan fingerprint density at radius 3 is 3.06 bits per heavy atom. The number of ether oxygens (including phenoxy) is 2. The van der Waals surface area contributed by atoms with E-state index in [1.165, 1.54) is 7.11 Å². The van der Waals surface area contributed by atoms with Crippen molar-refractivity contribution in [1.82, 2.24) is 15.6 Å². The molecule has 0 radical (unpaired) electrons. The quantitative estimate of drug-likeness (QED) is 0.718. The number of nitrogens with zero attached hydrogens (tertiary/aromatic N) is 1. The number of carbonyl (C=O) groups excluding carboxylic acids is 1. The van der Waals surface area contributed by atoms with Crippen molar-refractivity contribution in [3.63, 3.8) is 0 Å². The summed E-state index contributed by atoms with van der Waals surface area (Å²) in [4.78, 5) is 11.0. The van der Waals surface area contributed by atoms with Gasteiger partial charge in [0.2, 0.25) is 0 Å². The van der Waals surface area contributed by atoms with Crippen LogP contribution in [0.5, 0.6) is 5.75 Å². The lowest BCUT2D eigenvalue weighted by Crippen LogP contribution is -2.29. The number of fused-ring (bicyclic) bond motifs is 1. The second-order valence-corrected chi connectivity index (χ2v) is 3.43. The Bertz CT molecular complexity index is 552. The summed E-state index contributed by atoms with van der Waals surface area (Å²) in [5, 5.41) is 7.73. The molecule has 0 aliphatic heterocycles. The summed E-state index contributed by atoms with van der Waals surface area (Å²) in [5.74, 6) is 1.21. The highest BCUT2D eigenvalue weighted by Crippen LogP contribution is 2.27. The van der Waals surface area contributed by atoms with Crippen molar-refractivity contribution in [2.75, 3.05) is 19.1 Å². The normalized spacial score (nSPS) is 10.1. The fourth-order valence-corrected chi connectivity index (χ4v) is 1.55. The zero-order valence-electron chi connectivity index (χ0n) is 10.1. The Kier molecular flexibility index (Phi) is 3.52. The summed E-state index contributed by atoms with van der Waals surface area (Å²) < 4.78 is 9.92. The number of hydrazine groups is 1. The van der Waals surface area contributed by atoms with E-state index in [-0.39, 0.29) is 0 Å². The van der Waals surface area contributed by atoms with Crippen LogP contribution in [-0.4, -0.2) is 30.0 Å². The first-order valence-electron chi connectivity index (χ1n) is 5.46. The van der Waals surface area contributed by atoms with Gasteiger partial charge in [0, 0.05) is 5.39 Å². The number of amides is 1. The van der Waals surface area contributed by atoms with Gasteiger partial charge >= 0.3 is 6.09 Å². The number of H-pyrrole nitrogens is 1. The van der Waals surface area contributed by atoms with Crippen molar-refractivity contribution in [3.8, 4) is 5.75 Å². The number of hydrogen-bond acceptors (Lipinski definition) is 5. The fraction of sp³-hybridized carbons (Fsp3) is 0.273. The average molecular weight is 250 g/mol. The first kappa shape index (κ1) is 12.0. The number of hydrogen-bond donors (Lipinski definition) is 3. The lowest BCUT2D eigenvalue weighted by atomic mass is 10.2. The largest absolute Gasteiger partial charge is 0.492 e. The van der Waals surface area contributed by atoms with Gasteiger partial charge in [-0.25, -0.2) is 10.2 Å². The maximum Gasteiger partial charge on any atom is 0.425 e.